The first-order chi connectivity index (χ1) is 18.1. The number of nitrogens with zero attached hydrogens (tertiary/aromatic N) is 3. The van der Waals surface area contributed by atoms with Crippen molar-refractivity contribution < 1.29 is 17.7 Å². The molecule has 0 saturated heterocycles. The summed E-state index contributed by atoms with van der Waals surface area (Å²) in [7, 11) is -3.97. The molecule has 10 heteroatoms. The highest BCUT2D eigenvalue weighted by atomic mass is 35.5. The van der Waals surface area contributed by atoms with Gasteiger partial charge in [0.25, 0.3) is 0 Å². The van der Waals surface area contributed by atoms with Gasteiger partial charge in [-0.1, -0.05) is 78.6 Å². The lowest BCUT2D eigenvalue weighted by Crippen LogP contribution is -2.37. The highest BCUT2D eigenvalue weighted by Crippen LogP contribution is 2.23. The van der Waals surface area contributed by atoms with Gasteiger partial charge < -0.3 is 9.84 Å². The van der Waals surface area contributed by atoms with Crippen LogP contribution in [0.2, 0.25) is 5.02 Å². The van der Waals surface area contributed by atoms with E-state index in [2.05, 4.69) is 15.5 Å². The summed E-state index contributed by atoms with van der Waals surface area (Å²) in [6.45, 7) is 5.41. The third kappa shape index (κ3) is 6.86. The van der Waals surface area contributed by atoms with Gasteiger partial charge in [0.15, 0.2) is 5.82 Å². The molecule has 8 nitrogen and oxygen atoms in total. The number of amides is 1. The topological polar surface area (TPSA) is 105 Å². The van der Waals surface area contributed by atoms with E-state index in [-0.39, 0.29) is 23.9 Å². The molecular formula is C28H29ClN4O4S. The lowest BCUT2D eigenvalue weighted by molar-refractivity contribution is -0.116. The maximum atomic E-state index is 13.5. The molecule has 0 fully saturated rings. The third-order valence-corrected chi connectivity index (χ3v) is 8.04. The van der Waals surface area contributed by atoms with Crippen LogP contribution in [0.4, 0.5) is 5.69 Å². The first kappa shape index (κ1) is 27.5. The largest absolute Gasteiger partial charge is 0.339 e. The van der Waals surface area contributed by atoms with Gasteiger partial charge >= 0.3 is 0 Å². The zero-order valence-electron chi connectivity index (χ0n) is 21.4. The molecule has 1 N–H and O–H groups in total. The molecule has 38 heavy (non-hydrogen) atoms. The molecule has 0 atom stereocenters. The van der Waals surface area contributed by atoms with Crippen LogP contribution >= 0.6 is 11.6 Å². The average Bonchev–Trinajstić information content (AvgIpc) is 3.35. The quantitative estimate of drug-likeness (QED) is 0.275. The van der Waals surface area contributed by atoms with E-state index in [1.165, 1.54) is 12.1 Å². The van der Waals surface area contributed by atoms with Gasteiger partial charge in [-0.2, -0.15) is 9.29 Å². The van der Waals surface area contributed by atoms with E-state index in [1.807, 2.05) is 32.9 Å². The zero-order chi connectivity index (χ0) is 27.3. The van der Waals surface area contributed by atoms with E-state index < -0.39 is 15.9 Å². The van der Waals surface area contributed by atoms with E-state index >= 15 is 0 Å². The Balaban J connectivity index is 1.48. The summed E-state index contributed by atoms with van der Waals surface area (Å²) in [6.07, 6.45) is 0.491. The predicted molar refractivity (Wildman–Crippen MR) is 146 cm³/mol. The monoisotopic (exact) mass is 552 g/mol. The highest BCUT2D eigenvalue weighted by molar-refractivity contribution is 7.89. The molecule has 0 radical (unpaired) electrons. The number of aromatic nitrogens is 2. The molecule has 0 aliphatic rings. The molecule has 1 heterocycles. The second-order valence-corrected chi connectivity index (χ2v) is 11.6. The van der Waals surface area contributed by atoms with Gasteiger partial charge in [-0.15, -0.1) is 0 Å². The second kappa shape index (κ2) is 11.9. The summed E-state index contributed by atoms with van der Waals surface area (Å²) in [5.41, 5.74) is 3.02. The lowest BCUT2D eigenvalue weighted by Gasteiger charge is -2.22. The van der Waals surface area contributed by atoms with Gasteiger partial charge in [-0.25, -0.2) is 8.42 Å². The van der Waals surface area contributed by atoms with Crippen molar-refractivity contribution in [3.8, 4) is 0 Å². The number of benzene rings is 3. The van der Waals surface area contributed by atoms with Crippen molar-refractivity contribution in [3.05, 3.63) is 106 Å². The zero-order valence-corrected chi connectivity index (χ0v) is 23.0. The molecule has 1 amide bonds. The molecule has 4 rings (SSSR count). The number of nitrogens with one attached hydrogen (secondary N) is 1. The summed E-state index contributed by atoms with van der Waals surface area (Å²) in [5, 5.41) is 7.22. The van der Waals surface area contributed by atoms with Crippen molar-refractivity contribution in [2.75, 3.05) is 11.9 Å². The number of carbonyl (C=O) groups is 1. The second-order valence-electron chi connectivity index (χ2n) is 9.30. The minimum absolute atomic E-state index is 0.0503. The molecule has 0 unspecified atom stereocenters. The molecule has 198 valence electrons. The van der Waals surface area contributed by atoms with E-state index in [0.29, 0.717) is 34.4 Å². The Morgan fingerprint density at radius 1 is 1.03 bits per heavy atom. The fraction of sp³-hybridized carbons (Fsp3) is 0.250. The summed E-state index contributed by atoms with van der Waals surface area (Å²) >= 11 is 6.30. The maximum Gasteiger partial charge on any atom is 0.243 e. The molecule has 0 aliphatic carbocycles. The molecular weight excluding hydrogens is 524 g/mol. The molecule has 3 aromatic carbocycles. The smallest absolute Gasteiger partial charge is 0.243 e. The van der Waals surface area contributed by atoms with Crippen LogP contribution in [0, 0.1) is 6.92 Å². The number of hydrogen-bond acceptors (Lipinski definition) is 6. The Labute approximate surface area is 227 Å². The van der Waals surface area contributed by atoms with Gasteiger partial charge in [0.2, 0.25) is 21.8 Å². The van der Waals surface area contributed by atoms with E-state index in [1.54, 1.807) is 48.5 Å². The summed E-state index contributed by atoms with van der Waals surface area (Å²) < 4.78 is 33.4. The minimum atomic E-state index is -3.97. The number of sulfonamides is 1. The lowest BCUT2D eigenvalue weighted by atomic mass is 10.1. The fourth-order valence-corrected chi connectivity index (χ4v) is 5.29. The van der Waals surface area contributed by atoms with Crippen molar-refractivity contribution in [3.63, 3.8) is 0 Å². The van der Waals surface area contributed by atoms with Crippen molar-refractivity contribution in [1.82, 2.24) is 14.4 Å². The van der Waals surface area contributed by atoms with Crippen molar-refractivity contribution in [1.29, 1.82) is 0 Å². The molecule has 0 saturated carbocycles. The number of anilines is 1. The van der Waals surface area contributed by atoms with Crippen molar-refractivity contribution >= 4 is 33.2 Å². The number of hydrogen-bond donors (Lipinski definition) is 1. The van der Waals surface area contributed by atoms with Crippen LogP contribution in [0.1, 0.15) is 48.2 Å². The Morgan fingerprint density at radius 2 is 1.71 bits per heavy atom. The number of aryl methyl sites for hydroxylation is 1. The van der Waals surface area contributed by atoms with E-state index in [9.17, 15) is 13.2 Å². The van der Waals surface area contributed by atoms with Crippen LogP contribution in [-0.2, 0) is 27.8 Å². The minimum Gasteiger partial charge on any atom is -0.339 e. The summed E-state index contributed by atoms with van der Waals surface area (Å²) in [4.78, 5) is 17.5. The molecule has 1 aromatic heterocycles. The van der Waals surface area contributed by atoms with Crippen LogP contribution < -0.4 is 5.32 Å². The van der Waals surface area contributed by atoms with Crippen LogP contribution in [0.25, 0.3) is 0 Å². The molecule has 4 aromatic rings. The number of carbonyl (C=O) groups excluding carboxylic acids is 1. The predicted octanol–water partition coefficient (Wildman–Crippen LogP) is 5.58. The first-order valence-electron chi connectivity index (χ1n) is 12.1. The van der Waals surface area contributed by atoms with Crippen LogP contribution in [0.15, 0.2) is 82.2 Å². The van der Waals surface area contributed by atoms with Gasteiger partial charge in [0.05, 0.1) is 11.4 Å². The van der Waals surface area contributed by atoms with Gasteiger partial charge in [-0.3, -0.25) is 4.79 Å². The Hall–Kier alpha value is -3.53. The van der Waals surface area contributed by atoms with E-state index in [4.69, 9.17) is 16.1 Å². The van der Waals surface area contributed by atoms with Gasteiger partial charge in [0, 0.05) is 29.6 Å². The normalized spacial score (nSPS) is 11.7. The third-order valence-electron chi connectivity index (χ3n) is 5.86. The van der Waals surface area contributed by atoms with Crippen LogP contribution in [-0.4, -0.2) is 35.3 Å². The molecule has 0 aliphatic heterocycles. The van der Waals surface area contributed by atoms with Gasteiger partial charge in [-0.05, 0) is 48.4 Å². The van der Waals surface area contributed by atoms with Crippen molar-refractivity contribution in [2.45, 2.75) is 44.6 Å². The van der Waals surface area contributed by atoms with E-state index in [0.717, 1.165) is 15.4 Å². The van der Waals surface area contributed by atoms with Crippen molar-refractivity contribution in [2.24, 2.45) is 0 Å². The standard InChI is InChI=1S/C28H29ClN4O4S/c1-19(2)28-31-26(32-37-28)16-21-10-12-23(13-11-21)30-27(34)18-33(17-22-6-4-5-7-25(22)29)38(35,36)24-14-8-20(3)9-15-24/h4-15,19H,16-18H2,1-3H3,(H,30,34). The Morgan fingerprint density at radius 3 is 2.34 bits per heavy atom. The summed E-state index contributed by atoms with van der Waals surface area (Å²) in [6, 6.07) is 20.7. The number of rotatable bonds is 10. The number of halogens is 1. The highest BCUT2D eigenvalue weighted by Gasteiger charge is 2.27. The average molecular weight is 553 g/mol. The summed E-state index contributed by atoms with van der Waals surface area (Å²) in [5.74, 6) is 0.856. The SMILES string of the molecule is Cc1ccc(S(=O)(=O)N(CC(=O)Nc2ccc(Cc3noc(C(C)C)n3)cc2)Cc2ccccc2Cl)cc1. The van der Waals surface area contributed by atoms with Crippen LogP contribution in [0.5, 0.6) is 0 Å². The maximum absolute atomic E-state index is 13.5. The van der Waals surface area contributed by atoms with Gasteiger partial charge in [0.1, 0.15) is 0 Å². The first-order valence-corrected chi connectivity index (χ1v) is 13.9. The molecule has 0 bridgehead atoms. The fourth-order valence-electron chi connectivity index (χ4n) is 3.72. The molecule has 0 spiro atoms. The van der Waals surface area contributed by atoms with Crippen LogP contribution in [0.3, 0.4) is 0 Å². The Bertz CT molecular complexity index is 1500. The Kier molecular flexibility index (Phi) is 8.61.